The molecule has 6 nitrogen and oxygen atoms in total. The van der Waals surface area contributed by atoms with E-state index in [-0.39, 0.29) is 17.9 Å². The minimum Gasteiger partial charge on any atom is -0.444 e. The maximum Gasteiger partial charge on any atom is 0.410 e. The fourth-order valence-corrected chi connectivity index (χ4v) is 2.27. The first kappa shape index (κ1) is 16.8. The zero-order valence-corrected chi connectivity index (χ0v) is 13.2. The van der Waals surface area contributed by atoms with Crippen molar-refractivity contribution >= 4 is 12.0 Å². The van der Waals surface area contributed by atoms with E-state index in [1.165, 1.54) is 0 Å². The van der Waals surface area contributed by atoms with Crippen LogP contribution >= 0.6 is 0 Å². The van der Waals surface area contributed by atoms with Gasteiger partial charge >= 0.3 is 6.09 Å². The minimum atomic E-state index is -0.488. The Morgan fingerprint density at radius 1 is 1.45 bits per heavy atom. The molecule has 2 atom stereocenters. The highest BCUT2D eigenvalue weighted by atomic mass is 16.6. The van der Waals surface area contributed by atoms with Gasteiger partial charge in [0.1, 0.15) is 5.60 Å². The van der Waals surface area contributed by atoms with Gasteiger partial charge in [-0.15, -0.1) is 0 Å². The van der Waals surface area contributed by atoms with Gasteiger partial charge in [-0.25, -0.2) is 4.79 Å². The third-order valence-corrected chi connectivity index (χ3v) is 3.22. The van der Waals surface area contributed by atoms with Gasteiger partial charge in [0.05, 0.1) is 6.04 Å². The van der Waals surface area contributed by atoms with Crippen LogP contribution in [0.15, 0.2) is 0 Å². The molecule has 0 aromatic heterocycles. The predicted octanol–water partition coefficient (Wildman–Crippen LogP) is 1.05. The minimum absolute atomic E-state index is 0.0209. The van der Waals surface area contributed by atoms with Crippen LogP contribution in [-0.4, -0.2) is 60.1 Å². The van der Waals surface area contributed by atoms with Gasteiger partial charge < -0.3 is 20.3 Å². The van der Waals surface area contributed by atoms with Crippen molar-refractivity contribution in [2.75, 3.05) is 26.7 Å². The van der Waals surface area contributed by atoms with E-state index in [2.05, 4.69) is 0 Å². The second-order valence-electron chi connectivity index (χ2n) is 6.59. The summed E-state index contributed by atoms with van der Waals surface area (Å²) in [5.74, 6) is 0.266. The van der Waals surface area contributed by atoms with Crippen molar-refractivity contribution in [2.45, 2.75) is 45.8 Å². The predicted molar refractivity (Wildman–Crippen MR) is 77.2 cm³/mol. The van der Waals surface area contributed by atoms with Crippen molar-refractivity contribution in [3.05, 3.63) is 0 Å². The smallest absolute Gasteiger partial charge is 0.410 e. The Hall–Kier alpha value is -1.30. The molecule has 1 fully saturated rings. The van der Waals surface area contributed by atoms with Crippen LogP contribution in [0.5, 0.6) is 0 Å². The number of rotatable bonds is 3. The second-order valence-corrected chi connectivity index (χ2v) is 6.59. The largest absolute Gasteiger partial charge is 0.444 e. The van der Waals surface area contributed by atoms with E-state index < -0.39 is 11.6 Å². The Balaban J connectivity index is 2.43. The molecule has 0 spiro atoms. The highest BCUT2D eigenvalue weighted by molar-refractivity contribution is 5.81. The molecule has 6 heteroatoms. The molecule has 1 heterocycles. The van der Waals surface area contributed by atoms with Crippen molar-refractivity contribution in [1.29, 1.82) is 0 Å². The average Bonchev–Trinajstić information content (AvgIpc) is 2.73. The van der Waals surface area contributed by atoms with Crippen LogP contribution in [0.1, 0.15) is 34.1 Å². The van der Waals surface area contributed by atoms with E-state index in [1.807, 2.05) is 20.8 Å². The molecule has 20 heavy (non-hydrogen) atoms. The first-order chi connectivity index (χ1) is 9.10. The standard InChI is InChI=1S/C14H27N3O3/c1-10(15)12(18)17-7-6-11(9-17)8-16(5)13(19)20-14(2,3)4/h10-11H,6-9,15H2,1-5H3/t10-,11-/m0/s1. The van der Waals surface area contributed by atoms with E-state index in [1.54, 1.807) is 23.8 Å². The first-order valence-electron chi connectivity index (χ1n) is 7.08. The molecule has 1 rings (SSSR count). The molecule has 0 aromatic carbocycles. The Morgan fingerprint density at radius 2 is 2.05 bits per heavy atom. The lowest BCUT2D eigenvalue weighted by molar-refractivity contribution is -0.131. The molecular weight excluding hydrogens is 258 g/mol. The van der Waals surface area contributed by atoms with E-state index in [0.717, 1.165) is 6.42 Å². The number of carbonyl (C=O) groups is 2. The van der Waals surface area contributed by atoms with Crippen molar-refractivity contribution in [3.8, 4) is 0 Å². The van der Waals surface area contributed by atoms with Crippen LogP contribution in [0.2, 0.25) is 0 Å². The molecule has 1 aliphatic heterocycles. The maximum absolute atomic E-state index is 11.9. The Kier molecular flexibility index (Phi) is 5.39. The zero-order valence-electron chi connectivity index (χ0n) is 13.2. The summed E-state index contributed by atoms with van der Waals surface area (Å²) in [6, 6.07) is -0.461. The fraction of sp³-hybridized carbons (Fsp3) is 0.857. The van der Waals surface area contributed by atoms with Gasteiger partial charge in [-0.3, -0.25) is 4.79 Å². The lowest BCUT2D eigenvalue weighted by atomic mass is 10.1. The number of amides is 2. The molecule has 0 saturated carbocycles. The Bertz CT molecular complexity index is 363. The normalized spacial score (nSPS) is 20.7. The Morgan fingerprint density at radius 3 is 2.55 bits per heavy atom. The molecule has 116 valence electrons. The number of ether oxygens (including phenoxy) is 1. The highest BCUT2D eigenvalue weighted by Crippen LogP contribution is 2.19. The number of carbonyl (C=O) groups excluding carboxylic acids is 2. The van der Waals surface area contributed by atoms with Gasteiger partial charge in [-0.05, 0) is 40.0 Å². The average molecular weight is 285 g/mol. The van der Waals surface area contributed by atoms with E-state index in [9.17, 15) is 9.59 Å². The summed E-state index contributed by atoms with van der Waals surface area (Å²) in [4.78, 5) is 27.0. The summed E-state index contributed by atoms with van der Waals surface area (Å²) in [5, 5.41) is 0. The van der Waals surface area contributed by atoms with Crippen molar-refractivity contribution in [1.82, 2.24) is 9.80 Å². The first-order valence-corrected chi connectivity index (χ1v) is 7.08. The van der Waals surface area contributed by atoms with Crippen LogP contribution in [-0.2, 0) is 9.53 Å². The molecule has 0 bridgehead atoms. The lowest BCUT2D eigenvalue weighted by Gasteiger charge is -2.26. The molecule has 0 radical (unpaired) electrons. The monoisotopic (exact) mass is 285 g/mol. The summed E-state index contributed by atoms with van der Waals surface area (Å²) in [6.45, 7) is 9.20. The van der Waals surface area contributed by atoms with Gasteiger partial charge in [0, 0.05) is 26.7 Å². The third-order valence-electron chi connectivity index (χ3n) is 3.22. The van der Waals surface area contributed by atoms with E-state index in [4.69, 9.17) is 10.5 Å². The molecule has 2 amide bonds. The number of likely N-dealkylation sites (tertiary alicyclic amines) is 1. The Labute approximate surface area is 121 Å². The summed E-state index contributed by atoms with van der Waals surface area (Å²) in [6.07, 6.45) is 0.570. The van der Waals surface area contributed by atoms with Crippen molar-refractivity contribution in [3.63, 3.8) is 0 Å². The second kappa shape index (κ2) is 6.43. The lowest BCUT2D eigenvalue weighted by Crippen LogP contribution is -2.42. The van der Waals surface area contributed by atoms with Crippen LogP contribution in [0.25, 0.3) is 0 Å². The van der Waals surface area contributed by atoms with Crippen LogP contribution in [0.3, 0.4) is 0 Å². The van der Waals surface area contributed by atoms with Gasteiger partial charge in [0.15, 0.2) is 0 Å². The van der Waals surface area contributed by atoms with Crippen LogP contribution in [0, 0.1) is 5.92 Å². The van der Waals surface area contributed by atoms with E-state index >= 15 is 0 Å². The van der Waals surface area contributed by atoms with Gasteiger partial charge in [-0.1, -0.05) is 0 Å². The number of nitrogens with zero attached hydrogens (tertiary/aromatic N) is 2. The van der Waals surface area contributed by atoms with Crippen LogP contribution in [0.4, 0.5) is 4.79 Å². The highest BCUT2D eigenvalue weighted by Gasteiger charge is 2.30. The molecule has 1 aliphatic rings. The quantitative estimate of drug-likeness (QED) is 0.841. The zero-order chi connectivity index (χ0) is 15.5. The summed E-state index contributed by atoms with van der Waals surface area (Å²) < 4.78 is 5.31. The number of hydrogen-bond acceptors (Lipinski definition) is 4. The van der Waals surface area contributed by atoms with E-state index in [0.29, 0.717) is 19.6 Å². The van der Waals surface area contributed by atoms with Gasteiger partial charge in [0.2, 0.25) is 5.91 Å². The molecule has 0 unspecified atom stereocenters. The summed E-state index contributed by atoms with van der Waals surface area (Å²) in [5.41, 5.74) is 5.12. The molecule has 2 N–H and O–H groups in total. The topological polar surface area (TPSA) is 75.9 Å². The van der Waals surface area contributed by atoms with Gasteiger partial charge in [0.25, 0.3) is 0 Å². The SMILES string of the molecule is C[C@H](N)C(=O)N1CC[C@@H](CN(C)C(=O)OC(C)(C)C)C1. The van der Waals surface area contributed by atoms with Crippen LogP contribution < -0.4 is 5.73 Å². The molecule has 1 saturated heterocycles. The van der Waals surface area contributed by atoms with Gasteiger partial charge in [-0.2, -0.15) is 0 Å². The van der Waals surface area contributed by atoms with Crippen molar-refractivity contribution < 1.29 is 14.3 Å². The third kappa shape index (κ3) is 5.00. The maximum atomic E-state index is 11.9. The molecular formula is C14H27N3O3. The summed E-state index contributed by atoms with van der Waals surface area (Å²) in [7, 11) is 1.73. The summed E-state index contributed by atoms with van der Waals surface area (Å²) >= 11 is 0. The fourth-order valence-electron chi connectivity index (χ4n) is 2.27. The molecule has 0 aliphatic carbocycles. The van der Waals surface area contributed by atoms with Crippen molar-refractivity contribution in [2.24, 2.45) is 11.7 Å². The number of hydrogen-bond donors (Lipinski definition) is 1. The number of nitrogens with two attached hydrogens (primary N) is 1. The molecule has 0 aromatic rings.